The molecule has 1 atom stereocenters. The van der Waals surface area contributed by atoms with Gasteiger partial charge < -0.3 is 9.84 Å². The summed E-state index contributed by atoms with van der Waals surface area (Å²) >= 11 is 0. The zero-order valence-corrected chi connectivity index (χ0v) is 7.16. The molecule has 1 fully saturated rings. The predicted octanol–water partition coefficient (Wildman–Crippen LogP) is 1.43. The van der Waals surface area contributed by atoms with Gasteiger partial charge in [-0.05, 0) is 6.07 Å². The van der Waals surface area contributed by atoms with Crippen LogP contribution in [0.2, 0.25) is 0 Å². The van der Waals surface area contributed by atoms with Gasteiger partial charge in [-0.1, -0.05) is 18.2 Å². The number of ether oxygens (including phenoxy) is 1. The van der Waals surface area contributed by atoms with Crippen LogP contribution in [0.1, 0.15) is 12.0 Å². The Morgan fingerprint density at radius 1 is 1.46 bits per heavy atom. The van der Waals surface area contributed by atoms with Gasteiger partial charge in [-0.25, -0.2) is 4.39 Å². The standard InChI is InChI=1S/C10H11FO2/c11-9-4-2-1-3-8(9)10(7-12)5-6-13-10/h1-4,12H,5-7H2. The predicted molar refractivity (Wildman–Crippen MR) is 45.7 cm³/mol. The number of rotatable bonds is 2. The van der Waals surface area contributed by atoms with Crippen molar-refractivity contribution in [3.05, 3.63) is 35.6 Å². The number of aliphatic hydroxyl groups is 1. The van der Waals surface area contributed by atoms with Crippen LogP contribution in [0.15, 0.2) is 24.3 Å². The second kappa shape index (κ2) is 3.09. The van der Waals surface area contributed by atoms with Crippen LogP contribution in [0.4, 0.5) is 4.39 Å². The Hall–Kier alpha value is -0.930. The minimum Gasteiger partial charge on any atom is -0.393 e. The topological polar surface area (TPSA) is 29.5 Å². The van der Waals surface area contributed by atoms with Gasteiger partial charge in [0.1, 0.15) is 11.4 Å². The summed E-state index contributed by atoms with van der Waals surface area (Å²) in [5, 5.41) is 9.12. The third kappa shape index (κ3) is 1.24. The van der Waals surface area contributed by atoms with Gasteiger partial charge >= 0.3 is 0 Å². The average molecular weight is 182 g/mol. The third-order valence-electron chi connectivity index (χ3n) is 2.50. The van der Waals surface area contributed by atoms with Gasteiger partial charge in [0.25, 0.3) is 0 Å². The average Bonchev–Trinajstić information content (AvgIpc) is 2.07. The van der Waals surface area contributed by atoms with Crippen LogP contribution in [0.3, 0.4) is 0 Å². The second-order valence-corrected chi connectivity index (χ2v) is 3.23. The largest absolute Gasteiger partial charge is 0.393 e. The molecule has 0 amide bonds. The minimum atomic E-state index is -0.772. The number of hydrogen-bond acceptors (Lipinski definition) is 2. The summed E-state index contributed by atoms with van der Waals surface area (Å²) in [4.78, 5) is 0. The molecule has 2 rings (SSSR count). The fourth-order valence-corrected chi connectivity index (χ4v) is 1.60. The molecule has 13 heavy (non-hydrogen) atoms. The zero-order chi connectivity index (χ0) is 9.31. The lowest BCUT2D eigenvalue weighted by Crippen LogP contribution is -2.44. The molecule has 0 bridgehead atoms. The van der Waals surface area contributed by atoms with Gasteiger partial charge in [-0.2, -0.15) is 0 Å². The number of benzene rings is 1. The Morgan fingerprint density at radius 2 is 2.15 bits per heavy atom. The van der Waals surface area contributed by atoms with Gasteiger partial charge in [0.05, 0.1) is 13.2 Å². The summed E-state index contributed by atoms with van der Waals surface area (Å²) in [5.74, 6) is -0.309. The molecule has 1 heterocycles. The maximum absolute atomic E-state index is 13.3. The van der Waals surface area contributed by atoms with E-state index in [0.717, 1.165) is 0 Å². The maximum Gasteiger partial charge on any atom is 0.129 e. The molecular weight excluding hydrogens is 171 g/mol. The highest BCUT2D eigenvalue weighted by molar-refractivity contribution is 5.26. The number of halogens is 1. The van der Waals surface area contributed by atoms with E-state index < -0.39 is 5.60 Å². The van der Waals surface area contributed by atoms with Crippen LogP contribution in [-0.2, 0) is 10.3 Å². The van der Waals surface area contributed by atoms with Crippen LogP contribution in [0.25, 0.3) is 0 Å². The highest BCUT2D eigenvalue weighted by atomic mass is 19.1. The van der Waals surface area contributed by atoms with E-state index in [1.807, 2.05) is 0 Å². The minimum absolute atomic E-state index is 0.159. The number of aliphatic hydroxyl groups excluding tert-OH is 1. The first-order chi connectivity index (χ1) is 6.28. The monoisotopic (exact) mass is 182 g/mol. The van der Waals surface area contributed by atoms with Crippen molar-refractivity contribution in [3.63, 3.8) is 0 Å². The van der Waals surface area contributed by atoms with Crippen LogP contribution < -0.4 is 0 Å². The fourth-order valence-electron chi connectivity index (χ4n) is 1.60. The summed E-state index contributed by atoms with van der Waals surface area (Å²) in [6.45, 7) is 0.433. The Morgan fingerprint density at radius 3 is 2.62 bits per heavy atom. The molecule has 70 valence electrons. The van der Waals surface area contributed by atoms with Crippen molar-refractivity contribution in [2.45, 2.75) is 12.0 Å². The number of hydrogen-bond donors (Lipinski definition) is 1. The van der Waals surface area contributed by atoms with Crippen LogP contribution >= 0.6 is 0 Å². The molecule has 1 unspecified atom stereocenters. The van der Waals surface area contributed by atoms with Gasteiger partial charge in [0, 0.05) is 12.0 Å². The molecule has 1 aromatic rings. The SMILES string of the molecule is OCC1(c2ccccc2F)CCO1. The summed E-state index contributed by atoms with van der Waals surface area (Å²) in [5.41, 5.74) is -0.311. The van der Waals surface area contributed by atoms with E-state index in [4.69, 9.17) is 9.84 Å². The van der Waals surface area contributed by atoms with E-state index in [1.165, 1.54) is 6.07 Å². The fraction of sp³-hybridized carbons (Fsp3) is 0.400. The summed E-state index contributed by atoms with van der Waals surface area (Å²) < 4.78 is 18.5. The molecule has 0 aromatic heterocycles. The third-order valence-corrected chi connectivity index (χ3v) is 2.50. The summed E-state index contributed by atoms with van der Waals surface area (Å²) in [6, 6.07) is 6.42. The molecule has 1 aliphatic rings. The Bertz CT molecular complexity index is 302. The molecule has 1 aromatic carbocycles. The molecule has 0 spiro atoms. The first kappa shape index (κ1) is 8.66. The summed E-state index contributed by atoms with van der Waals surface area (Å²) in [7, 11) is 0. The molecule has 2 nitrogen and oxygen atoms in total. The van der Waals surface area contributed by atoms with Crippen molar-refractivity contribution in [1.82, 2.24) is 0 Å². The van der Waals surface area contributed by atoms with Gasteiger partial charge in [-0.3, -0.25) is 0 Å². The van der Waals surface area contributed by atoms with Crippen LogP contribution in [-0.4, -0.2) is 18.3 Å². The molecule has 1 N–H and O–H groups in total. The van der Waals surface area contributed by atoms with Crippen molar-refractivity contribution in [2.24, 2.45) is 0 Å². The van der Waals surface area contributed by atoms with E-state index in [2.05, 4.69) is 0 Å². The van der Waals surface area contributed by atoms with Crippen molar-refractivity contribution in [2.75, 3.05) is 13.2 Å². The Balaban J connectivity index is 2.38. The summed E-state index contributed by atoms with van der Waals surface area (Å²) in [6.07, 6.45) is 0.685. The van der Waals surface area contributed by atoms with Crippen LogP contribution in [0.5, 0.6) is 0 Å². The molecule has 3 heteroatoms. The molecule has 0 radical (unpaired) electrons. The molecule has 1 saturated heterocycles. The van der Waals surface area contributed by atoms with E-state index in [0.29, 0.717) is 18.6 Å². The first-order valence-electron chi connectivity index (χ1n) is 4.28. The lowest BCUT2D eigenvalue weighted by Gasteiger charge is -2.40. The van der Waals surface area contributed by atoms with E-state index in [-0.39, 0.29) is 12.4 Å². The highest BCUT2D eigenvalue weighted by Crippen LogP contribution is 2.37. The van der Waals surface area contributed by atoms with Crippen molar-refractivity contribution >= 4 is 0 Å². The van der Waals surface area contributed by atoms with E-state index in [1.54, 1.807) is 18.2 Å². The highest BCUT2D eigenvalue weighted by Gasteiger charge is 2.41. The Labute approximate surface area is 76.0 Å². The molecular formula is C10H11FO2. The molecule has 0 aliphatic carbocycles. The lowest BCUT2D eigenvalue weighted by molar-refractivity contribution is -0.179. The van der Waals surface area contributed by atoms with Gasteiger partial charge in [0.2, 0.25) is 0 Å². The Kier molecular flexibility index (Phi) is 2.06. The second-order valence-electron chi connectivity index (χ2n) is 3.23. The van der Waals surface area contributed by atoms with Crippen LogP contribution in [0, 0.1) is 5.82 Å². The first-order valence-corrected chi connectivity index (χ1v) is 4.28. The molecule has 0 saturated carbocycles. The van der Waals surface area contributed by atoms with Gasteiger partial charge in [0.15, 0.2) is 0 Å². The van der Waals surface area contributed by atoms with Crippen molar-refractivity contribution in [3.8, 4) is 0 Å². The normalized spacial score (nSPS) is 26.9. The van der Waals surface area contributed by atoms with E-state index >= 15 is 0 Å². The van der Waals surface area contributed by atoms with Crippen molar-refractivity contribution in [1.29, 1.82) is 0 Å². The molecule has 1 aliphatic heterocycles. The van der Waals surface area contributed by atoms with Crippen molar-refractivity contribution < 1.29 is 14.2 Å². The lowest BCUT2D eigenvalue weighted by atomic mass is 9.87. The maximum atomic E-state index is 13.3. The zero-order valence-electron chi connectivity index (χ0n) is 7.16. The quantitative estimate of drug-likeness (QED) is 0.749. The smallest absolute Gasteiger partial charge is 0.129 e. The van der Waals surface area contributed by atoms with E-state index in [9.17, 15) is 4.39 Å². The van der Waals surface area contributed by atoms with Gasteiger partial charge in [-0.15, -0.1) is 0 Å².